The van der Waals surface area contributed by atoms with Crippen LogP contribution in [-0.2, 0) is 14.8 Å². The molecule has 0 aliphatic heterocycles. The molecule has 2 N–H and O–H groups in total. The summed E-state index contributed by atoms with van der Waals surface area (Å²) in [5.41, 5.74) is 0.473. The smallest absolute Gasteiger partial charge is 0.337 e. The molecule has 2 aromatic rings. The fourth-order valence-electron chi connectivity index (χ4n) is 1.43. The van der Waals surface area contributed by atoms with Crippen LogP contribution in [0, 0.1) is 0 Å². The van der Waals surface area contributed by atoms with Crippen molar-refractivity contribution in [3.8, 4) is 0 Å². The van der Waals surface area contributed by atoms with Crippen LogP contribution in [0.15, 0.2) is 41.6 Å². The number of rotatable bonds is 4. The zero-order chi connectivity index (χ0) is 13.9. The van der Waals surface area contributed by atoms with Crippen LogP contribution in [0.5, 0.6) is 0 Å². The Morgan fingerprint density at radius 3 is 2.84 bits per heavy atom. The monoisotopic (exact) mass is 281 g/mol. The van der Waals surface area contributed by atoms with E-state index < -0.39 is 16.0 Å². The summed E-state index contributed by atoms with van der Waals surface area (Å²) in [6.45, 7) is 0. The summed E-state index contributed by atoms with van der Waals surface area (Å²) in [4.78, 5) is 11.3. The maximum absolute atomic E-state index is 12.1. The van der Waals surface area contributed by atoms with Crippen LogP contribution in [0.1, 0.15) is 10.4 Å². The molecule has 0 aliphatic rings. The van der Waals surface area contributed by atoms with Crippen molar-refractivity contribution < 1.29 is 17.9 Å². The summed E-state index contributed by atoms with van der Waals surface area (Å²) in [7, 11) is -2.54. The zero-order valence-corrected chi connectivity index (χ0v) is 10.8. The number of aromatic nitrogens is 2. The molecule has 0 fully saturated rings. The molecule has 0 aliphatic carbocycles. The summed E-state index contributed by atoms with van der Waals surface area (Å²) in [6.07, 6.45) is 2.74. The van der Waals surface area contributed by atoms with Gasteiger partial charge in [0.2, 0.25) is 0 Å². The van der Waals surface area contributed by atoms with E-state index in [0.29, 0.717) is 5.69 Å². The number of hydrogen-bond acceptors (Lipinski definition) is 5. The number of anilines is 1. The number of nitrogens with zero attached hydrogens (tertiary/aromatic N) is 1. The molecule has 0 amide bonds. The fourth-order valence-corrected chi connectivity index (χ4v) is 2.51. The highest BCUT2D eigenvalue weighted by molar-refractivity contribution is 7.92. The Kier molecular flexibility index (Phi) is 3.52. The number of aromatic amines is 1. The molecule has 100 valence electrons. The Bertz CT molecular complexity index is 680. The van der Waals surface area contributed by atoms with Gasteiger partial charge in [0.25, 0.3) is 10.0 Å². The maximum atomic E-state index is 12.1. The van der Waals surface area contributed by atoms with Crippen LogP contribution in [0.4, 0.5) is 5.69 Å². The highest BCUT2D eigenvalue weighted by Crippen LogP contribution is 2.16. The molecule has 1 heterocycles. The van der Waals surface area contributed by atoms with Gasteiger partial charge in [-0.15, -0.1) is 0 Å². The van der Waals surface area contributed by atoms with Gasteiger partial charge in [-0.2, -0.15) is 5.10 Å². The third-order valence-electron chi connectivity index (χ3n) is 2.32. The molecule has 8 heteroatoms. The molecule has 1 aromatic carbocycles. The lowest BCUT2D eigenvalue weighted by molar-refractivity contribution is 0.0600. The first-order valence-corrected chi connectivity index (χ1v) is 6.71. The first kappa shape index (κ1) is 13.1. The van der Waals surface area contributed by atoms with Crippen LogP contribution < -0.4 is 4.72 Å². The molecule has 0 saturated heterocycles. The third-order valence-corrected chi connectivity index (χ3v) is 3.69. The topological polar surface area (TPSA) is 101 Å². The summed E-state index contributed by atoms with van der Waals surface area (Å²) in [5.74, 6) is -0.597. The molecule has 2 rings (SSSR count). The van der Waals surface area contributed by atoms with Gasteiger partial charge in [0, 0.05) is 6.20 Å². The predicted molar refractivity (Wildman–Crippen MR) is 67.2 cm³/mol. The van der Waals surface area contributed by atoms with Gasteiger partial charge in [-0.05, 0) is 18.2 Å². The number of esters is 1. The minimum atomic E-state index is -3.77. The Balaban J connectivity index is 2.33. The van der Waals surface area contributed by atoms with Gasteiger partial charge in [-0.1, -0.05) is 6.07 Å². The number of sulfonamides is 1. The molecule has 0 atom stereocenters. The van der Waals surface area contributed by atoms with Gasteiger partial charge in [0.15, 0.2) is 0 Å². The van der Waals surface area contributed by atoms with Crippen molar-refractivity contribution in [3.63, 3.8) is 0 Å². The van der Waals surface area contributed by atoms with E-state index >= 15 is 0 Å². The van der Waals surface area contributed by atoms with E-state index in [4.69, 9.17) is 0 Å². The molecule has 19 heavy (non-hydrogen) atoms. The zero-order valence-electron chi connectivity index (χ0n) is 9.95. The van der Waals surface area contributed by atoms with E-state index in [1.54, 1.807) is 0 Å². The van der Waals surface area contributed by atoms with Crippen molar-refractivity contribution in [1.82, 2.24) is 10.2 Å². The summed E-state index contributed by atoms with van der Waals surface area (Å²) >= 11 is 0. The number of H-pyrrole nitrogens is 1. The fraction of sp³-hybridized carbons (Fsp3) is 0.0909. The number of hydrogen-bond donors (Lipinski definition) is 2. The van der Waals surface area contributed by atoms with Crippen molar-refractivity contribution in [2.75, 3.05) is 11.8 Å². The lowest BCUT2D eigenvalue weighted by atomic mass is 10.2. The largest absolute Gasteiger partial charge is 0.465 e. The number of carbonyl (C=O) groups is 1. The molecular weight excluding hydrogens is 270 g/mol. The van der Waals surface area contributed by atoms with Gasteiger partial charge < -0.3 is 4.74 Å². The lowest BCUT2D eigenvalue weighted by Gasteiger charge is -2.07. The second-order valence-corrected chi connectivity index (χ2v) is 5.29. The second kappa shape index (κ2) is 5.11. The molecule has 0 bridgehead atoms. The lowest BCUT2D eigenvalue weighted by Crippen LogP contribution is -2.13. The molecule has 0 saturated carbocycles. The molecular formula is C11H11N3O4S. The summed E-state index contributed by atoms with van der Waals surface area (Å²) in [5, 5.41) is 6.12. The molecule has 0 unspecified atom stereocenters. The van der Waals surface area contributed by atoms with Gasteiger partial charge in [0.1, 0.15) is 0 Å². The normalized spacial score (nSPS) is 11.0. The number of nitrogens with one attached hydrogen (secondary N) is 2. The summed E-state index contributed by atoms with van der Waals surface area (Å²) < 4.78 is 31.0. The molecule has 7 nitrogen and oxygen atoms in total. The van der Waals surface area contributed by atoms with Gasteiger partial charge in [-0.25, -0.2) is 13.2 Å². The van der Waals surface area contributed by atoms with Gasteiger partial charge in [0.05, 0.1) is 29.5 Å². The van der Waals surface area contributed by atoms with Crippen LogP contribution in [-0.4, -0.2) is 31.7 Å². The third kappa shape index (κ3) is 2.91. The second-order valence-electron chi connectivity index (χ2n) is 3.61. The number of methoxy groups -OCH3 is 1. The van der Waals surface area contributed by atoms with Crippen molar-refractivity contribution in [3.05, 3.63) is 42.2 Å². The number of carbonyl (C=O) groups excluding carboxylic acids is 1. The Labute approximate surface area is 109 Å². The van der Waals surface area contributed by atoms with Crippen LogP contribution >= 0.6 is 0 Å². The Morgan fingerprint density at radius 2 is 2.21 bits per heavy atom. The highest BCUT2D eigenvalue weighted by atomic mass is 32.2. The van der Waals surface area contributed by atoms with Gasteiger partial charge >= 0.3 is 5.97 Å². The van der Waals surface area contributed by atoms with E-state index in [9.17, 15) is 13.2 Å². The Morgan fingerprint density at radius 1 is 1.42 bits per heavy atom. The van der Waals surface area contributed by atoms with Crippen molar-refractivity contribution in [2.45, 2.75) is 4.90 Å². The summed E-state index contributed by atoms with van der Waals surface area (Å²) in [6, 6.07) is 5.57. The molecule has 1 aromatic heterocycles. The van der Waals surface area contributed by atoms with Gasteiger partial charge in [-0.3, -0.25) is 9.82 Å². The quantitative estimate of drug-likeness (QED) is 0.814. The van der Waals surface area contributed by atoms with E-state index in [-0.39, 0.29) is 10.5 Å². The Hall–Kier alpha value is -2.35. The van der Waals surface area contributed by atoms with E-state index in [2.05, 4.69) is 19.7 Å². The average molecular weight is 281 g/mol. The molecule has 0 radical (unpaired) electrons. The maximum Gasteiger partial charge on any atom is 0.337 e. The number of ether oxygens (including phenoxy) is 1. The van der Waals surface area contributed by atoms with Crippen molar-refractivity contribution in [1.29, 1.82) is 0 Å². The SMILES string of the molecule is COC(=O)c1cccc(S(=O)(=O)Nc2cn[nH]c2)c1. The van der Waals surface area contributed by atoms with Crippen LogP contribution in [0.2, 0.25) is 0 Å². The predicted octanol–water partition coefficient (Wildman–Crippen LogP) is 0.997. The van der Waals surface area contributed by atoms with E-state index in [0.717, 1.165) is 0 Å². The van der Waals surface area contributed by atoms with Crippen LogP contribution in [0.3, 0.4) is 0 Å². The standard InChI is InChI=1S/C11H11N3O4S/c1-18-11(15)8-3-2-4-10(5-8)19(16,17)14-9-6-12-13-7-9/h2-7,14H,1H3,(H,12,13). The van der Waals surface area contributed by atoms with E-state index in [1.165, 1.54) is 43.8 Å². The minimum Gasteiger partial charge on any atom is -0.465 e. The van der Waals surface area contributed by atoms with Crippen molar-refractivity contribution >= 4 is 21.7 Å². The van der Waals surface area contributed by atoms with Crippen molar-refractivity contribution in [2.24, 2.45) is 0 Å². The first-order valence-electron chi connectivity index (χ1n) is 5.23. The first-order chi connectivity index (χ1) is 9.03. The van der Waals surface area contributed by atoms with E-state index in [1.807, 2.05) is 0 Å². The van der Waals surface area contributed by atoms with Crippen LogP contribution in [0.25, 0.3) is 0 Å². The number of benzene rings is 1. The minimum absolute atomic E-state index is 0.0309. The molecule has 0 spiro atoms. The highest BCUT2D eigenvalue weighted by Gasteiger charge is 2.17. The average Bonchev–Trinajstić information content (AvgIpc) is 2.90.